The van der Waals surface area contributed by atoms with Crippen molar-refractivity contribution in [1.82, 2.24) is 0 Å². The Labute approximate surface area is 99.5 Å². The molecule has 0 amide bonds. The summed E-state index contributed by atoms with van der Waals surface area (Å²) >= 11 is 0. The minimum Gasteiger partial charge on any atom is -0.508 e. The summed E-state index contributed by atoms with van der Waals surface area (Å²) in [5.74, 6) is -0.566. The molecule has 1 aliphatic rings. The smallest absolute Gasteiger partial charge is 0.195 e. The Bertz CT molecular complexity index is 431. The van der Waals surface area contributed by atoms with Crippen LogP contribution in [0.3, 0.4) is 0 Å². The molecule has 0 saturated carbocycles. The van der Waals surface area contributed by atoms with Gasteiger partial charge < -0.3 is 24.4 Å². The van der Waals surface area contributed by atoms with Crippen molar-refractivity contribution in [1.29, 1.82) is 0 Å². The first kappa shape index (κ1) is 12.2. The van der Waals surface area contributed by atoms with Crippen LogP contribution in [0.5, 0.6) is 11.5 Å². The zero-order chi connectivity index (χ0) is 12.6. The number of phenols is 1. The Morgan fingerprint density at radius 2 is 2.12 bits per heavy atom. The fraction of sp³-hybridized carbons (Fsp3) is 0.500. The van der Waals surface area contributed by atoms with Gasteiger partial charge in [0.1, 0.15) is 17.6 Å². The largest absolute Gasteiger partial charge is 0.508 e. The van der Waals surface area contributed by atoms with E-state index < -0.39 is 11.9 Å². The van der Waals surface area contributed by atoms with Crippen molar-refractivity contribution in [2.75, 3.05) is 14.2 Å². The van der Waals surface area contributed by atoms with E-state index in [4.69, 9.17) is 14.2 Å². The van der Waals surface area contributed by atoms with E-state index in [-0.39, 0.29) is 12.4 Å². The lowest BCUT2D eigenvalue weighted by Crippen LogP contribution is -2.41. The topological polar surface area (TPSA) is 68.2 Å². The van der Waals surface area contributed by atoms with Gasteiger partial charge in [-0.15, -0.1) is 0 Å². The molecule has 1 heterocycles. The highest BCUT2D eigenvalue weighted by Gasteiger charge is 2.41. The zero-order valence-corrected chi connectivity index (χ0v) is 10.1. The van der Waals surface area contributed by atoms with Crippen LogP contribution in [0.15, 0.2) is 12.1 Å². The molecule has 1 aliphatic heterocycles. The Hall–Kier alpha value is -1.30. The number of aliphatic hydroxyl groups excluding tert-OH is 1. The van der Waals surface area contributed by atoms with E-state index in [9.17, 15) is 10.2 Å². The fourth-order valence-corrected chi connectivity index (χ4v) is 1.98. The third-order valence-corrected chi connectivity index (χ3v) is 3.15. The highest BCUT2D eigenvalue weighted by Crippen LogP contribution is 2.42. The second-order valence-electron chi connectivity index (χ2n) is 4.13. The maximum Gasteiger partial charge on any atom is 0.195 e. The summed E-state index contributed by atoms with van der Waals surface area (Å²) in [6.07, 6.45) is -0.975. The Kier molecular flexibility index (Phi) is 2.99. The molecule has 0 fully saturated rings. The first-order valence-corrected chi connectivity index (χ1v) is 5.28. The van der Waals surface area contributed by atoms with Crippen LogP contribution in [0.25, 0.3) is 0 Å². The van der Waals surface area contributed by atoms with Gasteiger partial charge in [0, 0.05) is 18.7 Å². The molecule has 1 aromatic carbocycles. The molecule has 2 N–H and O–H groups in total. The van der Waals surface area contributed by atoms with E-state index in [0.29, 0.717) is 11.3 Å². The van der Waals surface area contributed by atoms with Gasteiger partial charge >= 0.3 is 0 Å². The average molecular weight is 240 g/mol. The number of phenolic OH excluding ortho intramolecular Hbond substituents is 1. The molecule has 17 heavy (non-hydrogen) atoms. The molecular weight excluding hydrogens is 224 g/mol. The maximum absolute atomic E-state index is 10.2. The molecular formula is C12H16O5. The molecule has 0 aromatic heterocycles. The van der Waals surface area contributed by atoms with Crippen molar-refractivity contribution in [3.8, 4) is 11.5 Å². The Balaban J connectivity index is 2.53. The molecule has 5 heteroatoms. The molecule has 0 unspecified atom stereocenters. The lowest BCUT2D eigenvalue weighted by Gasteiger charge is -2.38. The predicted octanol–water partition coefficient (Wildman–Crippen LogP) is 1.33. The Morgan fingerprint density at radius 1 is 1.41 bits per heavy atom. The number of aliphatic hydroxyl groups is 1. The normalized spacial score (nSPS) is 27.6. The molecule has 0 saturated heterocycles. The van der Waals surface area contributed by atoms with Gasteiger partial charge in [-0.2, -0.15) is 0 Å². The molecule has 0 bridgehead atoms. The summed E-state index contributed by atoms with van der Waals surface area (Å²) in [7, 11) is 2.97. The number of benzene rings is 1. The van der Waals surface area contributed by atoms with Gasteiger partial charge in [-0.05, 0) is 18.6 Å². The highest BCUT2D eigenvalue weighted by atomic mass is 16.7. The first-order chi connectivity index (χ1) is 8.01. The number of hydrogen-bond donors (Lipinski definition) is 2. The summed E-state index contributed by atoms with van der Waals surface area (Å²) < 4.78 is 15.8. The SMILES string of the molecule is COc1cc(O)cc2c1CO[C@@](C)(OC)[C@H]2O. The van der Waals surface area contributed by atoms with E-state index in [1.54, 1.807) is 6.92 Å². The van der Waals surface area contributed by atoms with Crippen molar-refractivity contribution in [2.45, 2.75) is 25.4 Å². The third-order valence-electron chi connectivity index (χ3n) is 3.15. The van der Waals surface area contributed by atoms with Crippen molar-refractivity contribution in [2.24, 2.45) is 0 Å². The Morgan fingerprint density at radius 3 is 2.71 bits per heavy atom. The van der Waals surface area contributed by atoms with Gasteiger partial charge in [0.15, 0.2) is 5.79 Å². The second kappa shape index (κ2) is 4.18. The molecule has 1 aromatic rings. The van der Waals surface area contributed by atoms with Gasteiger partial charge in [0.05, 0.1) is 13.7 Å². The van der Waals surface area contributed by atoms with E-state index in [0.717, 1.165) is 5.56 Å². The minimum atomic E-state index is -1.11. The van der Waals surface area contributed by atoms with Crippen LogP contribution in [-0.4, -0.2) is 30.2 Å². The monoisotopic (exact) mass is 240 g/mol. The molecule has 0 radical (unpaired) electrons. The van der Waals surface area contributed by atoms with Crippen LogP contribution < -0.4 is 4.74 Å². The number of fused-ring (bicyclic) bond motifs is 1. The van der Waals surface area contributed by atoms with Gasteiger partial charge in [-0.3, -0.25) is 0 Å². The fourth-order valence-electron chi connectivity index (χ4n) is 1.98. The quantitative estimate of drug-likeness (QED) is 0.816. The van der Waals surface area contributed by atoms with Crippen LogP contribution >= 0.6 is 0 Å². The number of ether oxygens (including phenoxy) is 3. The van der Waals surface area contributed by atoms with E-state index in [1.807, 2.05) is 0 Å². The molecule has 2 atom stereocenters. The lowest BCUT2D eigenvalue weighted by molar-refractivity contribution is -0.277. The first-order valence-electron chi connectivity index (χ1n) is 5.28. The van der Waals surface area contributed by atoms with Crippen molar-refractivity contribution >= 4 is 0 Å². The lowest BCUT2D eigenvalue weighted by atomic mass is 9.93. The summed E-state index contributed by atoms with van der Waals surface area (Å²) in [6.45, 7) is 1.91. The maximum atomic E-state index is 10.2. The van der Waals surface area contributed by atoms with Crippen LogP contribution in [0.4, 0.5) is 0 Å². The van der Waals surface area contributed by atoms with Crippen LogP contribution in [0, 0.1) is 0 Å². The number of rotatable bonds is 2. The molecule has 94 valence electrons. The predicted molar refractivity (Wildman–Crippen MR) is 59.8 cm³/mol. The standard InChI is InChI=1S/C12H16O5/c1-12(16-3)11(14)8-4-7(13)5-10(15-2)9(8)6-17-12/h4-5,11,13-14H,6H2,1-3H3/t11-,12+/m0/s1. The summed E-state index contributed by atoms with van der Waals surface area (Å²) in [5, 5.41) is 19.8. The van der Waals surface area contributed by atoms with Crippen LogP contribution in [0.2, 0.25) is 0 Å². The summed E-state index contributed by atoms with van der Waals surface area (Å²) in [4.78, 5) is 0. The van der Waals surface area contributed by atoms with E-state index >= 15 is 0 Å². The van der Waals surface area contributed by atoms with E-state index in [1.165, 1.54) is 26.4 Å². The van der Waals surface area contributed by atoms with Crippen LogP contribution in [0.1, 0.15) is 24.2 Å². The van der Waals surface area contributed by atoms with Gasteiger partial charge in [-0.1, -0.05) is 0 Å². The minimum absolute atomic E-state index is 0.0417. The average Bonchev–Trinajstić information content (AvgIpc) is 2.33. The number of hydrogen-bond acceptors (Lipinski definition) is 5. The third kappa shape index (κ3) is 1.86. The van der Waals surface area contributed by atoms with Gasteiger partial charge in [0.2, 0.25) is 0 Å². The van der Waals surface area contributed by atoms with Gasteiger partial charge in [0.25, 0.3) is 0 Å². The number of methoxy groups -OCH3 is 2. The zero-order valence-electron chi connectivity index (χ0n) is 10.1. The van der Waals surface area contributed by atoms with E-state index in [2.05, 4.69) is 0 Å². The second-order valence-corrected chi connectivity index (χ2v) is 4.13. The number of aromatic hydroxyl groups is 1. The van der Waals surface area contributed by atoms with Crippen molar-refractivity contribution in [3.63, 3.8) is 0 Å². The molecule has 5 nitrogen and oxygen atoms in total. The molecule has 0 spiro atoms. The molecule has 2 rings (SSSR count). The van der Waals surface area contributed by atoms with Gasteiger partial charge in [-0.25, -0.2) is 0 Å². The summed E-state index contributed by atoms with van der Waals surface area (Å²) in [5.41, 5.74) is 1.30. The van der Waals surface area contributed by atoms with Crippen molar-refractivity contribution < 1.29 is 24.4 Å². The highest BCUT2D eigenvalue weighted by molar-refractivity contribution is 5.48. The molecule has 0 aliphatic carbocycles. The summed E-state index contributed by atoms with van der Waals surface area (Å²) in [6, 6.07) is 2.99. The van der Waals surface area contributed by atoms with Crippen LogP contribution in [-0.2, 0) is 16.1 Å². The van der Waals surface area contributed by atoms with Crippen molar-refractivity contribution in [3.05, 3.63) is 23.3 Å².